The molecule has 0 amide bonds. The van der Waals surface area contributed by atoms with Gasteiger partial charge in [-0.05, 0) is 37.3 Å². The molecule has 0 bridgehead atoms. The van der Waals surface area contributed by atoms with Gasteiger partial charge in [0.15, 0.2) is 5.78 Å². The van der Waals surface area contributed by atoms with Gasteiger partial charge in [-0.3, -0.25) is 4.79 Å². The van der Waals surface area contributed by atoms with Crippen molar-refractivity contribution in [1.82, 2.24) is 4.98 Å². The molecule has 0 aliphatic heterocycles. The summed E-state index contributed by atoms with van der Waals surface area (Å²) in [6.45, 7) is 1.58. The molecule has 0 saturated carbocycles. The van der Waals surface area contributed by atoms with Gasteiger partial charge < -0.3 is 0 Å². The van der Waals surface area contributed by atoms with Crippen LogP contribution in [0.5, 0.6) is 0 Å². The van der Waals surface area contributed by atoms with E-state index in [1.165, 1.54) is 0 Å². The van der Waals surface area contributed by atoms with Crippen molar-refractivity contribution in [3.63, 3.8) is 0 Å². The van der Waals surface area contributed by atoms with E-state index in [1.54, 1.807) is 18.3 Å². The zero-order chi connectivity index (χ0) is 13.9. The number of fused-ring (bicyclic) bond motifs is 1. The van der Waals surface area contributed by atoms with Crippen LogP contribution in [0.1, 0.15) is 27.9 Å². The van der Waals surface area contributed by atoms with Gasteiger partial charge in [0.1, 0.15) is 0 Å². The predicted octanol–water partition coefficient (Wildman–Crippen LogP) is 4.67. The van der Waals surface area contributed by atoms with E-state index < -0.39 is 0 Å². The third-order valence-corrected chi connectivity index (χ3v) is 3.96. The maximum atomic E-state index is 11.2. The van der Waals surface area contributed by atoms with Gasteiger partial charge in [-0.25, -0.2) is 4.98 Å². The first-order valence-corrected chi connectivity index (χ1v) is 7.24. The number of nitrogens with zero attached hydrogens (tertiary/aromatic N) is 1. The highest BCUT2D eigenvalue weighted by molar-refractivity contribution is 7.11. The van der Waals surface area contributed by atoms with E-state index in [9.17, 15) is 4.79 Å². The van der Waals surface area contributed by atoms with E-state index in [-0.39, 0.29) is 5.78 Å². The molecule has 0 atom stereocenters. The number of para-hydroxylation sites is 1. The molecule has 20 heavy (non-hydrogen) atoms. The Morgan fingerprint density at radius 3 is 2.80 bits per heavy atom. The zero-order valence-corrected chi connectivity index (χ0v) is 11.9. The average Bonchev–Trinajstić information content (AvgIpc) is 2.94. The van der Waals surface area contributed by atoms with Crippen LogP contribution in [0.25, 0.3) is 23.1 Å². The molecule has 0 fully saturated rings. The summed E-state index contributed by atoms with van der Waals surface area (Å²) in [6.07, 6.45) is 3.97. The van der Waals surface area contributed by atoms with Crippen LogP contribution < -0.4 is 0 Å². The Bertz CT molecular complexity index is 801. The average molecular weight is 279 g/mol. The molecular formula is C17H13NOS. The molecule has 0 unspecified atom stereocenters. The molecule has 0 saturated heterocycles. The Morgan fingerprint density at radius 1 is 1.15 bits per heavy atom. The van der Waals surface area contributed by atoms with Crippen LogP contribution >= 0.6 is 11.3 Å². The van der Waals surface area contributed by atoms with Crippen molar-refractivity contribution in [1.29, 1.82) is 0 Å². The highest BCUT2D eigenvalue weighted by atomic mass is 32.1. The van der Waals surface area contributed by atoms with Crippen LogP contribution in [-0.2, 0) is 0 Å². The number of Topliss-reactive ketones (excluding diaryl/α,β-unsaturated/α-hetero) is 1. The second-order valence-corrected chi connectivity index (χ2v) is 5.50. The maximum absolute atomic E-state index is 11.2. The van der Waals surface area contributed by atoms with Crippen LogP contribution in [0.4, 0.5) is 0 Å². The van der Waals surface area contributed by atoms with Gasteiger partial charge in [-0.15, -0.1) is 11.3 Å². The number of carbonyl (C=O) groups excluding carboxylic acids is 1. The van der Waals surface area contributed by atoms with Crippen molar-refractivity contribution in [2.75, 3.05) is 0 Å². The Morgan fingerprint density at radius 2 is 2.00 bits per heavy atom. The number of thiophene rings is 1. The van der Waals surface area contributed by atoms with E-state index in [2.05, 4.69) is 11.1 Å². The number of pyridine rings is 1. The van der Waals surface area contributed by atoms with Gasteiger partial charge in [0.05, 0.1) is 11.2 Å². The first-order valence-electron chi connectivity index (χ1n) is 6.36. The van der Waals surface area contributed by atoms with Crippen LogP contribution in [0.15, 0.2) is 47.8 Å². The molecule has 98 valence electrons. The minimum Gasteiger partial charge on any atom is -0.294 e. The standard InChI is InChI=1S/C17H13NOS/c1-12(19)14-10-16(20-11-14)9-8-15-7-6-13-4-2-3-5-17(13)18-15/h2-11H,1H3. The summed E-state index contributed by atoms with van der Waals surface area (Å²) in [6, 6.07) is 14.0. The number of carbonyl (C=O) groups is 1. The molecule has 1 aromatic carbocycles. The molecule has 2 aromatic heterocycles. The second kappa shape index (κ2) is 5.39. The maximum Gasteiger partial charge on any atom is 0.160 e. The summed E-state index contributed by atoms with van der Waals surface area (Å²) in [4.78, 5) is 16.9. The Balaban J connectivity index is 1.87. The molecule has 0 aliphatic rings. The lowest BCUT2D eigenvalue weighted by molar-refractivity contribution is 0.101. The fraction of sp³-hybridized carbons (Fsp3) is 0.0588. The molecular weight excluding hydrogens is 266 g/mol. The first kappa shape index (κ1) is 12.8. The van der Waals surface area contributed by atoms with Gasteiger partial charge in [0.2, 0.25) is 0 Å². The number of ketones is 1. The highest BCUT2D eigenvalue weighted by Crippen LogP contribution is 2.19. The zero-order valence-electron chi connectivity index (χ0n) is 11.0. The van der Waals surface area contributed by atoms with Crippen LogP contribution in [0, 0.1) is 0 Å². The van der Waals surface area contributed by atoms with E-state index in [0.29, 0.717) is 0 Å². The van der Waals surface area contributed by atoms with Crippen LogP contribution in [0.3, 0.4) is 0 Å². The summed E-state index contributed by atoms with van der Waals surface area (Å²) >= 11 is 1.57. The summed E-state index contributed by atoms with van der Waals surface area (Å²) in [7, 11) is 0. The fourth-order valence-electron chi connectivity index (χ4n) is 1.97. The molecule has 0 aliphatic carbocycles. The lowest BCUT2D eigenvalue weighted by atomic mass is 10.2. The number of rotatable bonds is 3. The topological polar surface area (TPSA) is 30.0 Å². The third kappa shape index (κ3) is 2.68. The summed E-state index contributed by atoms with van der Waals surface area (Å²) in [5.41, 5.74) is 2.67. The second-order valence-electron chi connectivity index (χ2n) is 4.56. The Hall–Kier alpha value is -2.26. The third-order valence-electron chi connectivity index (χ3n) is 3.06. The first-order chi connectivity index (χ1) is 9.72. The predicted molar refractivity (Wildman–Crippen MR) is 85.0 cm³/mol. The fourth-order valence-corrected chi connectivity index (χ4v) is 2.81. The van der Waals surface area contributed by atoms with E-state index in [4.69, 9.17) is 0 Å². The molecule has 0 N–H and O–H groups in total. The molecule has 0 radical (unpaired) electrons. The van der Waals surface area contributed by atoms with Crippen molar-refractivity contribution in [3.8, 4) is 0 Å². The van der Waals surface area contributed by atoms with Gasteiger partial charge in [-0.1, -0.05) is 24.3 Å². The largest absolute Gasteiger partial charge is 0.294 e. The van der Waals surface area contributed by atoms with Crippen molar-refractivity contribution in [2.45, 2.75) is 6.92 Å². The van der Waals surface area contributed by atoms with Gasteiger partial charge in [0.25, 0.3) is 0 Å². The minimum absolute atomic E-state index is 0.102. The number of aromatic nitrogens is 1. The molecule has 3 heteroatoms. The summed E-state index contributed by atoms with van der Waals surface area (Å²) in [5.74, 6) is 0.102. The van der Waals surface area contributed by atoms with Crippen LogP contribution in [0.2, 0.25) is 0 Å². The monoisotopic (exact) mass is 279 g/mol. The van der Waals surface area contributed by atoms with E-state index in [1.807, 2.05) is 53.9 Å². The quantitative estimate of drug-likeness (QED) is 0.652. The Labute approximate surface area is 121 Å². The molecule has 2 nitrogen and oxygen atoms in total. The van der Waals surface area contributed by atoms with E-state index in [0.717, 1.165) is 27.0 Å². The lowest BCUT2D eigenvalue weighted by Gasteiger charge is -1.97. The molecule has 3 aromatic rings. The van der Waals surface area contributed by atoms with Crippen molar-refractivity contribution in [2.24, 2.45) is 0 Å². The number of hydrogen-bond acceptors (Lipinski definition) is 3. The number of benzene rings is 1. The molecule has 0 spiro atoms. The van der Waals surface area contributed by atoms with Gasteiger partial charge in [-0.2, -0.15) is 0 Å². The minimum atomic E-state index is 0.102. The lowest BCUT2D eigenvalue weighted by Crippen LogP contribution is -1.85. The summed E-state index contributed by atoms with van der Waals surface area (Å²) in [5, 5.41) is 3.02. The number of hydrogen-bond donors (Lipinski definition) is 0. The van der Waals surface area contributed by atoms with Gasteiger partial charge >= 0.3 is 0 Å². The Kier molecular flexibility index (Phi) is 3.44. The van der Waals surface area contributed by atoms with Crippen molar-refractivity contribution >= 4 is 40.2 Å². The highest BCUT2D eigenvalue weighted by Gasteiger charge is 2.01. The smallest absolute Gasteiger partial charge is 0.160 e. The van der Waals surface area contributed by atoms with Crippen molar-refractivity contribution in [3.05, 3.63) is 64.0 Å². The van der Waals surface area contributed by atoms with Crippen LogP contribution in [-0.4, -0.2) is 10.8 Å². The summed E-state index contributed by atoms with van der Waals surface area (Å²) < 4.78 is 0. The molecule has 2 heterocycles. The van der Waals surface area contributed by atoms with E-state index >= 15 is 0 Å². The van der Waals surface area contributed by atoms with Gasteiger partial charge in [0, 0.05) is 21.2 Å². The normalized spacial score (nSPS) is 11.2. The van der Waals surface area contributed by atoms with Crippen molar-refractivity contribution < 1.29 is 4.79 Å². The SMILES string of the molecule is CC(=O)c1csc(C=Cc2ccc3ccccc3n2)c1. The molecule has 3 rings (SSSR count).